The van der Waals surface area contributed by atoms with E-state index in [4.69, 9.17) is 0 Å². The zero-order valence-electron chi connectivity index (χ0n) is 16.6. The van der Waals surface area contributed by atoms with Gasteiger partial charge in [-0.2, -0.15) is 0 Å². The van der Waals surface area contributed by atoms with Gasteiger partial charge in [0, 0.05) is 26.2 Å². The first-order valence-electron chi connectivity index (χ1n) is 10.5. The van der Waals surface area contributed by atoms with E-state index in [0.29, 0.717) is 18.5 Å². The van der Waals surface area contributed by atoms with Crippen molar-refractivity contribution in [1.82, 2.24) is 15.5 Å². The number of guanidine groups is 1. The first-order chi connectivity index (χ1) is 13.2. The molecule has 1 heterocycles. The Kier molecular flexibility index (Phi) is 7.55. The van der Waals surface area contributed by atoms with Crippen LogP contribution in [0, 0.1) is 5.92 Å². The summed E-state index contributed by atoms with van der Waals surface area (Å²) >= 11 is 0. The average molecular weight is 371 g/mol. The standard InChI is InChI=1S/C22H34N4O/c1-23-22(25-20-10-6-3-7-11-20)24-17-21(27)26-14-12-19(13-15-26)16-18-8-4-2-5-9-18/h2,4-5,8-9,19-20H,3,6-7,10-17H2,1H3,(H2,23,24,25). The molecular formula is C22H34N4O. The van der Waals surface area contributed by atoms with Crippen molar-refractivity contribution in [2.75, 3.05) is 26.7 Å². The molecule has 2 fully saturated rings. The van der Waals surface area contributed by atoms with Gasteiger partial charge in [-0.15, -0.1) is 0 Å². The molecule has 1 amide bonds. The lowest BCUT2D eigenvalue weighted by Crippen LogP contribution is -2.49. The fraction of sp³-hybridized carbons (Fsp3) is 0.636. The molecule has 1 aromatic rings. The van der Waals surface area contributed by atoms with Gasteiger partial charge in [0.1, 0.15) is 0 Å². The highest BCUT2D eigenvalue weighted by Gasteiger charge is 2.23. The summed E-state index contributed by atoms with van der Waals surface area (Å²) in [5, 5.41) is 6.68. The lowest BCUT2D eigenvalue weighted by atomic mass is 9.90. The van der Waals surface area contributed by atoms with Crippen molar-refractivity contribution in [3.05, 3.63) is 35.9 Å². The Labute approximate surface area is 163 Å². The molecule has 1 saturated carbocycles. The molecule has 0 spiro atoms. The van der Waals surface area contributed by atoms with Crippen molar-refractivity contribution in [2.45, 2.75) is 57.4 Å². The molecule has 1 aliphatic carbocycles. The van der Waals surface area contributed by atoms with Gasteiger partial charge >= 0.3 is 0 Å². The molecular weight excluding hydrogens is 336 g/mol. The van der Waals surface area contributed by atoms with Crippen molar-refractivity contribution in [3.63, 3.8) is 0 Å². The number of nitrogens with one attached hydrogen (secondary N) is 2. The van der Waals surface area contributed by atoms with Crippen LogP contribution >= 0.6 is 0 Å². The minimum atomic E-state index is 0.180. The van der Waals surface area contributed by atoms with E-state index in [1.165, 1.54) is 37.7 Å². The van der Waals surface area contributed by atoms with E-state index in [-0.39, 0.29) is 5.91 Å². The smallest absolute Gasteiger partial charge is 0.241 e. The van der Waals surface area contributed by atoms with Crippen molar-refractivity contribution >= 4 is 11.9 Å². The predicted molar refractivity (Wildman–Crippen MR) is 111 cm³/mol. The van der Waals surface area contributed by atoms with Crippen LogP contribution in [0.3, 0.4) is 0 Å². The Morgan fingerprint density at radius 3 is 2.44 bits per heavy atom. The Morgan fingerprint density at radius 1 is 1.07 bits per heavy atom. The number of benzene rings is 1. The number of likely N-dealkylation sites (tertiary alicyclic amines) is 1. The van der Waals surface area contributed by atoms with Crippen LogP contribution in [0.5, 0.6) is 0 Å². The molecule has 1 saturated heterocycles. The van der Waals surface area contributed by atoms with E-state index in [1.807, 2.05) is 4.90 Å². The second kappa shape index (κ2) is 10.3. The summed E-state index contributed by atoms with van der Waals surface area (Å²) in [6.07, 6.45) is 9.61. The fourth-order valence-electron chi connectivity index (χ4n) is 4.24. The molecule has 0 unspecified atom stereocenters. The number of hydrogen-bond donors (Lipinski definition) is 2. The van der Waals surface area contributed by atoms with Gasteiger partial charge in [0.2, 0.25) is 5.91 Å². The zero-order chi connectivity index (χ0) is 18.9. The Hall–Kier alpha value is -2.04. The number of rotatable bonds is 5. The summed E-state index contributed by atoms with van der Waals surface area (Å²) in [6, 6.07) is 11.2. The minimum Gasteiger partial charge on any atom is -0.354 e. The second-order valence-electron chi connectivity index (χ2n) is 7.92. The van der Waals surface area contributed by atoms with Crippen LogP contribution < -0.4 is 10.6 Å². The molecule has 0 radical (unpaired) electrons. The molecule has 0 bridgehead atoms. The van der Waals surface area contributed by atoms with Crippen LogP contribution in [0.25, 0.3) is 0 Å². The predicted octanol–water partition coefficient (Wildman–Crippen LogP) is 2.97. The first-order valence-corrected chi connectivity index (χ1v) is 10.5. The molecule has 148 valence electrons. The van der Waals surface area contributed by atoms with Crippen LogP contribution in [0.1, 0.15) is 50.5 Å². The summed E-state index contributed by atoms with van der Waals surface area (Å²) in [6.45, 7) is 2.06. The van der Waals surface area contributed by atoms with Crippen LogP contribution in [0.4, 0.5) is 0 Å². The molecule has 5 nitrogen and oxygen atoms in total. The van der Waals surface area contributed by atoms with Crippen LogP contribution in [0.15, 0.2) is 35.3 Å². The normalized spacial score (nSPS) is 19.7. The number of amides is 1. The highest BCUT2D eigenvalue weighted by Crippen LogP contribution is 2.21. The van der Waals surface area contributed by atoms with Gasteiger partial charge in [0.05, 0.1) is 6.54 Å². The number of nitrogens with zero attached hydrogens (tertiary/aromatic N) is 2. The first kappa shape index (κ1) is 19.7. The van der Waals surface area contributed by atoms with E-state index in [0.717, 1.165) is 38.3 Å². The highest BCUT2D eigenvalue weighted by atomic mass is 16.2. The minimum absolute atomic E-state index is 0.180. The third-order valence-electron chi connectivity index (χ3n) is 5.91. The number of aliphatic imine (C=N–C) groups is 1. The van der Waals surface area contributed by atoms with Gasteiger partial charge in [-0.1, -0.05) is 49.6 Å². The molecule has 0 atom stereocenters. The van der Waals surface area contributed by atoms with E-state index in [2.05, 4.69) is 46.0 Å². The number of carbonyl (C=O) groups excluding carboxylic acids is 1. The van der Waals surface area contributed by atoms with Crippen molar-refractivity contribution in [3.8, 4) is 0 Å². The van der Waals surface area contributed by atoms with Gasteiger partial charge in [0.15, 0.2) is 5.96 Å². The maximum absolute atomic E-state index is 12.6. The second-order valence-corrected chi connectivity index (χ2v) is 7.92. The molecule has 1 aliphatic heterocycles. The summed E-state index contributed by atoms with van der Waals surface area (Å²) in [5.74, 6) is 1.62. The van der Waals surface area contributed by atoms with Crippen molar-refractivity contribution in [1.29, 1.82) is 0 Å². The summed E-state index contributed by atoms with van der Waals surface area (Å²) < 4.78 is 0. The van der Waals surface area contributed by atoms with E-state index in [1.54, 1.807) is 7.05 Å². The van der Waals surface area contributed by atoms with Crippen LogP contribution in [-0.2, 0) is 11.2 Å². The van der Waals surface area contributed by atoms with Crippen LogP contribution in [-0.4, -0.2) is 49.5 Å². The van der Waals surface area contributed by atoms with E-state index >= 15 is 0 Å². The lowest BCUT2D eigenvalue weighted by Gasteiger charge is -2.32. The van der Waals surface area contributed by atoms with E-state index < -0.39 is 0 Å². The molecule has 1 aromatic carbocycles. The highest BCUT2D eigenvalue weighted by molar-refractivity contribution is 5.86. The van der Waals surface area contributed by atoms with Gasteiger partial charge in [-0.25, -0.2) is 0 Å². The SMILES string of the molecule is CN=C(NCC(=O)N1CCC(Cc2ccccc2)CC1)NC1CCCCC1. The maximum Gasteiger partial charge on any atom is 0.241 e. The molecule has 3 rings (SSSR count). The quantitative estimate of drug-likeness (QED) is 0.619. The fourth-order valence-corrected chi connectivity index (χ4v) is 4.24. The summed E-state index contributed by atoms with van der Waals surface area (Å²) in [5.41, 5.74) is 1.40. The largest absolute Gasteiger partial charge is 0.354 e. The third-order valence-corrected chi connectivity index (χ3v) is 5.91. The number of carbonyl (C=O) groups is 1. The summed E-state index contributed by atoms with van der Waals surface area (Å²) in [7, 11) is 1.78. The van der Waals surface area contributed by atoms with Gasteiger partial charge in [0.25, 0.3) is 0 Å². The molecule has 27 heavy (non-hydrogen) atoms. The zero-order valence-corrected chi connectivity index (χ0v) is 16.6. The van der Waals surface area contributed by atoms with E-state index in [9.17, 15) is 4.79 Å². The monoisotopic (exact) mass is 370 g/mol. The lowest BCUT2D eigenvalue weighted by molar-refractivity contribution is -0.131. The topological polar surface area (TPSA) is 56.7 Å². The molecule has 2 aliphatic rings. The molecule has 2 N–H and O–H groups in total. The number of piperidine rings is 1. The van der Waals surface area contributed by atoms with Crippen molar-refractivity contribution in [2.24, 2.45) is 10.9 Å². The number of hydrogen-bond acceptors (Lipinski definition) is 2. The van der Waals surface area contributed by atoms with Gasteiger partial charge < -0.3 is 15.5 Å². The van der Waals surface area contributed by atoms with Crippen molar-refractivity contribution < 1.29 is 4.79 Å². The Bertz CT molecular complexity index is 602. The molecule has 5 heteroatoms. The molecule has 0 aromatic heterocycles. The average Bonchev–Trinajstić information content (AvgIpc) is 2.73. The van der Waals surface area contributed by atoms with Crippen LogP contribution in [0.2, 0.25) is 0 Å². The van der Waals surface area contributed by atoms with Gasteiger partial charge in [-0.05, 0) is 43.6 Å². The maximum atomic E-state index is 12.6. The van der Waals surface area contributed by atoms with Gasteiger partial charge in [-0.3, -0.25) is 9.79 Å². The summed E-state index contributed by atoms with van der Waals surface area (Å²) in [4.78, 5) is 18.8. The Balaban J connectivity index is 1.37. The Morgan fingerprint density at radius 2 is 1.78 bits per heavy atom. The third kappa shape index (κ3) is 6.26.